The Morgan fingerprint density at radius 1 is 1.05 bits per heavy atom. The van der Waals surface area contributed by atoms with Crippen molar-refractivity contribution < 1.29 is 19.1 Å². The first-order valence-corrected chi connectivity index (χ1v) is 16.4. The minimum Gasteiger partial charge on any atom is -0.480 e. The molecule has 0 radical (unpaired) electrons. The first kappa shape index (κ1) is 31.7. The van der Waals surface area contributed by atoms with Crippen LogP contribution in [0.25, 0.3) is 0 Å². The fourth-order valence-electron chi connectivity index (χ4n) is 7.78. The maximum absolute atomic E-state index is 14.3. The number of hydrogen-bond donors (Lipinski definition) is 2. The lowest BCUT2D eigenvalue weighted by Gasteiger charge is -2.39. The fourth-order valence-corrected chi connectivity index (χ4v) is 7.99. The normalized spacial score (nSPS) is 23.2. The van der Waals surface area contributed by atoms with E-state index in [4.69, 9.17) is 11.6 Å². The minimum atomic E-state index is -0.723. The van der Waals surface area contributed by atoms with Crippen LogP contribution in [0.1, 0.15) is 68.9 Å². The number of carbonyl (C=O) groups is 2. The molecule has 0 spiro atoms. The molecule has 1 aliphatic carbocycles. The van der Waals surface area contributed by atoms with Crippen LogP contribution in [0.4, 0.5) is 9.18 Å². The Balaban J connectivity index is 1.21. The van der Waals surface area contributed by atoms with Crippen molar-refractivity contribution in [3.8, 4) is 0 Å². The van der Waals surface area contributed by atoms with Gasteiger partial charge in [0.1, 0.15) is 11.9 Å². The van der Waals surface area contributed by atoms with Crippen molar-refractivity contribution >= 4 is 23.6 Å². The van der Waals surface area contributed by atoms with Gasteiger partial charge in [0.05, 0.1) is 0 Å². The van der Waals surface area contributed by atoms with Gasteiger partial charge in [0.2, 0.25) is 0 Å². The number of carboxylic acids is 1. The summed E-state index contributed by atoms with van der Waals surface area (Å²) in [6.07, 6.45) is 7.10. The summed E-state index contributed by atoms with van der Waals surface area (Å²) in [7, 11) is 0. The van der Waals surface area contributed by atoms with Crippen LogP contribution in [0.2, 0.25) is 5.02 Å². The Kier molecular flexibility index (Phi) is 11.0. The Morgan fingerprint density at radius 3 is 2.47 bits per heavy atom. The molecular formula is C34H46ClFN4O3. The highest BCUT2D eigenvalue weighted by molar-refractivity contribution is 6.30. The quantitative estimate of drug-likeness (QED) is 0.333. The number of aliphatic carboxylic acids is 1. The van der Waals surface area contributed by atoms with Crippen molar-refractivity contribution in [2.75, 3.05) is 39.3 Å². The van der Waals surface area contributed by atoms with E-state index in [-0.39, 0.29) is 35.6 Å². The van der Waals surface area contributed by atoms with Crippen LogP contribution in [0.15, 0.2) is 48.5 Å². The Morgan fingerprint density at radius 2 is 1.79 bits per heavy atom. The summed E-state index contributed by atoms with van der Waals surface area (Å²) in [4.78, 5) is 32.2. The third-order valence-electron chi connectivity index (χ3n) is 9.91. The third-order valence-corrected chi connectivity index (χ3v) is 10.1. The minimum absolute atomic E-state index is 0.0547. The van der Waals surface area contributed by atoms with Gasteiger partial charge in [-0.15, -0.1) is 0 Å². The van der Waals surface area contributed by atoms with E-state index in [9.17, 15) is 19.1 Å². The maximum Gasteiger partial charge on any atom is 0.321 e. The van der Waals surface area contributed by atoms with E-state index in [0.29, 0.717) is 31.2 Å². The number of carbonyl (C=O) groups excluding carboxylic acids is 1. The summed E-state index contributed by atoms with van der Waals surface area (Å²) in [6, 6.07) is 14.0. The summed E-state index contributed by atoms with van der Waals surface area (Å²) >= 11 is 6.10. The molecule has 1 saturated carbocycles. The Hall–Kier alpha value is -2.68. The van der Waals surface area contributed by atoms with E-state index in [1.165, 1.54) is 12.5 Å². The number of amides is 2. The number of rotatable bonds is 10. The van der Waals surface area contributed by atoms with Crippen LogP contribution in [0.3, 0.4) is 0 Å². The van der Waals surface area contributed by atoms with E-state index in [2.05, 4.69) is 15.1 Å². The van der Waals surface area contributed by atoms with Crippen LogP contribution in [-0.4, -0.2) is 83.2 Å². The summed E-state index contributed by atoms with van der Waals surface area (Å²) in [5.41, 5.74) is 1.93. The van der Waals surface area contributed by atoms with Crippen molar-refractivity contribution in [3.63, 3.8) is 0 Å². The summed E-state index contributed by atoms with van der Waals surface area (Å²) < 4.78 is 14.3. The molecule has 3 atom stereocenters. The highest BCUT2D eigenvalue weighted by Gasteiger charge is 2.43. The van der Waals surface area contributed by atoms with Gasteiger partial charge in [-0.1, -0.05) is 55.1 Å². The van der Waals surface area contributed by atoms with Gasteiger partial charge < -0.3 is 20.2 Å². The van der Waals surface area contributed by atoms with Crippen LogP contribution in [-0.2, 0) is 11.3 Å². The van der Waals surface area contributed by atoms with E-state index < -0.39 is 12.0 Å². The van der Waals surface area contributed by atoms with Gasteiger partial charge in [0.25, 0.3) is 0 Å². The molecular weight excluding hydrogens is 567 g/mol. The van der Waals surface area contributed by atoms with Gasteiger partial charge in [-0.2, -0.15) is 0 Å². The van der Waals surface area contributed by atoms with Gasteiger partial charge in [0.15, 0.2) is 0 Å². The third kappa shape index (κ3) is 8.08. The van der Waals surface area contributed by atoms with Gasteiger partial charge in [-0.05, 0) is 79.8 Å². The van der Waals surface area contributed by atoms with E-state index in [1.54, 1.807) is 12.1 Å². The monoisotopic (exact) mass is 612 g/mol. The molecule has 9 heteroatoms. The first-order chi connectivity index (χ1) is 20.8. The lowest BCUT2D eigenvalue weighted by Crippen LogP contribution is -2.51. The predicted octanol–water partition coefficient (Wildman–Crippen LogP) is 6.22. The summed E-state index contributed by atoms with van der Waals surface area (Å²) in [6.45, 7) is 7.05. The van der Waals surface area contributed by atoms with Crippen molar-refractivity contribution in [1.29, 1.82) is 0 Å². The largest absolute Gasteiger partial charge is 0.480 e. The molecule has 0 bridgehead atoms. The van der Waals surface area contributed by atoms with Crippen LogP contribution in [0.5, 0.6) is 0 Å². The number of halogens is 2. The molecule has 234 valence electrons. The van der Waals surface area contributed by atoms with Crippen molar-refractivity contribution in [1.82, 2.24) is 20.0 Å². The molecule has 2 N–H and O–H groups in total. The number of benzene rings is 2. The van der Waals surface area contributed by atoms with Crippen molar-refractivity contribution in [2.45, 2.75) is 76.4 Å². The number of likely N-dealkylation sites (tertiary alicyclic amines) is 2. The van der Waals surface area contributed by atoms with Crippen molar-refractivity contribution in [3.05, 3.63) is 70.5 Å². The average Bonchev–Trinajstić information content (AvgIpc) is 3.40. The molecule has 5 rings (SSSR count). The van der Waals surface area contributed by atoms with E-state index in [0.717, 1.165) is 69.3 Å². The predicted molar refractivity (Wildman–Crippen MR) is 168 cm³/mol. The molecule has 2 aromatic rings. The zero-order valence-corrected chi connectivity index (χ0v) is 26.0. The standard InChI is InChI=1S/C34H46ClFN4O3/c1-2-40(34(43)37-20-24-8-6-12-28(35)18-24)30-14-16-38(17-15-30)21-27-22-39(23-31(27)26-11-7-13-29(36)19-26)32(33(41)42)25-9-4-3-5-10-25/h6-8,11-13,18-19,25,27,30-32H,2-5,9-10,14-17,20-23H2,1H3,(H,37,43)(H,41,42)/t27-,31+,32+/m0/s1. The lowest BCUT2D eigenvalue weighted by molar-refractivity contribution is -0.145. The molecule has 3 fully saturated rings. The molecule has 43 heavy (non-hydrogen) atoms. The molecule has 2 amide bonds. The zero-order chi connectivity index (χ0) is 30.3. The maximum atomic E-state index is 14.3. The smallest absolute Gasteiger partial charge is 0.321 e. The van der Waals surface area contributed by atoms with Gasteiger partial charge in [-0.3, -0.25) is 9.69 Å². The van der Waals surface area contributed by atoms with E-state index in [1.807, 2.05) is 42.2 Å². The topological polar surface area (TPSA) is 76.1 Å². The Labute approximate surface area is 260 Å². The molecule has 3 aliphatic rings. The second-order valence-corrected chi connectivity index (χ2v) is 13.1. The number of piperidine rings is 1. The van der Waals surface area contributed by atoms with Crippen LogP contribution < -0.4 is 5.32 Å². The molecule has 2 aromatic carbocycles. The molecule has 2 saturated heterocycles. The molecule has 0 aromatic heterocycles. The van der Waals surface area contributed by atoms with Crippen LogP contribution in [0, 0.1) is 17.7 Å². The number of nitrogens with zero attached hydrogens (tertiary/aromatic N) is 3. The highest BCUT2D eigenvalue weighted by atomic mass is 35.5. The number of urea groups is 1. The lowest BCUT2D eigenvalue weighted by atomic mass is 9.83. The summed E-state index contributed by atoms with van der Waals surface area (Å²) in [5.74, 6) is -0.486. The number of carboxylic acid groups (broad SMARTS) is 1. The van der Waals surface area contributed by atoms with Gasteiger partial charge >= 0.3 is 12.0 Å². The zero-order valence-electron chi connectivity index (χ0n) is 25.3. The number of hydrogen-bond acceptors (Lipinski definition) is 4. The van der Waals surface area contributed by atoms with Gasteiger partial charge in [-0.25, -0.2) is 9.18 Å². The first-order valence-electron chi connectivity index (χ1n) is 16.1. The molecule has 0 unspecified atom stereocenters. The second kappa shape index (κ2) is 14.9. The second-order valence-electron chi connectivity index (χ2n) is 12.7. The Bertz CT molecular complexity index is 1230. The average molecular weight is 613 g/mol. The van der Waals surface area contributed by atoms with Crippen molar-refractivity contribution in [2.24, 2.45) is 11.8 Å². The molecule has 7 nitrogen and oxygen atoms in total. The fraction of sp³-hybridized carbons (Fsp3) is 0.588. The SMILES string of the molecule is CCN(C(=O)NCc1cccc(Cl)c1)C1CCN(C[C@H]2CN([C@@H](C(=O)O)C3CCCCC3)C[C@@H]2c2cccc(F)c2)CC1. The summed E-state index contributed by atoms with van der Waals surface area (Å²) in [5, 5.41) is 14.0. The van der Waals surface area contributed by atoms with Crippen LogP contribution >= 0.6 is 11.6 Å². The molecule has 2 heterocycles. The highest BCUT2D eigenvalue weighted by Crippen LogP contribution is 2.39. The molecule has 2 aliphatic heterocycles. The van der Waals surface area contributed by atoms with Gasteiger partial charge in [0, 0.05) is 62.8 Å². The number of nitrogens with one attached hydrogen (secondary N) is 1. The van der Waals surface area contributed by atoms with E-state index >= 15 is 0 Å².